The molecule has 1 fully saturated rings. The maximum Gasteiger partial charge on any atom is 0.245 e. The second-order valence-electron chi connectivity index (χ2n) is 10.5. The van der Waals surface area contributed by atoms with Gasteiger partial charge in [-0.3, -0.25) is 14.4 Å². The summed E-state index contributed by atoms with van der Waals surface area (Å²) < 4.78 is 18.5. The van der Waals surface area contributed by atoms with E-state index in [1.165, 1.54) is 22.4 Å². The maximum absolute atomic E-state index is 15.2. The molecule has 0 unspecified atom stereocenters. The Morgan fingerprint density at radius 1 is 1.07 bits per heavy atom. The van der Waals surface area contributed by atoms with Crippen molar-refractivity contribution in [2.24, 2.45) is 4.99 Å². The third kappa shape index (κ3) is 4.43. The van der Waals surface area contributed by atoms with Crippen LogP contribution in [0.25, 0.3) is 34.1 Å². The molecule has 0 bridgehead atoms. The number of hydrogen-bond acceptors (Lipinski definition) is 7. The summed E-state index contributed by atoms with van der Waals surface area (Å²) in [7, 11) is 0. The van der Waals surface area contributed by atoms with E-state index in [-0.39, 0.29) is 17.8 Å². The first-order valence-corrected chi connectivity index (χ1v) is 13.9. The van der Waals surface area contributed by atoms with Crippen LogP contribution in [-0.4, -0.2) is 64.9 Å². The number of hydrogen-bond donors (Lipinski definition) is 1. The Morgan fingerprint density at radius 3 is 2.69 bits per heavy atom. The third-order valence-corrected chi connectivity index (χ3v) is 7.95. The first kappa shape index (κ1) is 25.8. The van der Waals surface area contributed by atoms with Crippen LogP contribution < -0.4 is 5.73 Å². The average Bonchev–Trinajstić information content (AvgIpc) is 3.76. The largest absolute Gasteiger partial charge is 0.383 e. The van der Waals surface area contributed by atoms with Crippen molar-refractivity contribution in [2.75, 3.05) is 18.8 Å². The quantitative estimate of drug-likeness (QED) is 0.320. The molecule has 2 N–H and O–H groups in total. The number of aliphatic imine (C=N–C) groups is 1. The minimum Gasteiger partial charge on any atom is -0.383 e. The molecule has 42 heavy (non-hydrogen) atoms. The number of pyridine rings is 2. The van der Waals surface area contributed by atoms with Crippen molar-refractivity contribution in [1.82, 2.24) is 34.2 Å². The number of carbonyl (C=O) groups excluding carboxylic acids is 1. The third-order valence-electron chi connectivity index (χ3n) is 7.95. The van der Waals surface area contributed by atoms with Crippen LogP contribution in [0, 0.1) is 5.82 Å². The molecule has 210 valence electrons. The summed E-state index contributed by atoms with van der Waals surface area (Å²) in [5.41, 5.74) is 12.0. The zero-order chi connectivity index (χ0) is 28.8. The number of nitrogens with two attached hydrogens (primary N) is 1. The Kier molecular flexibility index (Phi) is 6.34. The molecule has 1 aliphatic heterocycles. The molecule has 0 spiro atoms. The van der Waals surface area contributed by atoms with Crippen LogP contribution in [0.4, 0.5) is 10.2 Å². The molecule has 2 aliphatic rings. The molecule has 0 radical (unpaired) electrons. The molecular formula is C31H28FN9O. The predicted molar refractivity (Wildman–Crippen MR) is 158 cm³/mol. The highest BCUT2D eigenvalue weighted by molar-refractivity contribution is 6.05. The number of aryl methyl sites for hydroxylation is 1. The molecule has 10 nitrogen and oxygen atoms in total. The number of nitrogens with zero attached hydrogens (tertiary/aromatic N) is 8. The van der Waals surface area contributed by atoms with E-state index < -0.39 is 5.82 Å². The van der Waals surface area contributed by atoms with Crippen LogP contribution in [0.15, 0.2) is 78.7 Å². The maximum atomic E-state index is 15.2. The molecule has 1 aromatic carbocycles. The Balaban J connectivity index is 1.30. The van der Waals surface area contributed by atoms with Crippen molar-refractivity contribution < 1.29 is 9.18 Å². The van der Waals surface area contributed by atoms with Crippen molar-refractivity contribution in [2.45, 2.75) is 31.7 Å². The highest BCUT2D eigenvalue weighted by Crippen LogP contribution is 2.34. The Labute approximate surface area is 241 Å². The monoisotopic (exact) mass is 561 g/mol. The molecule has 1 aliphatic carbocycles. The number of rotatable bonds is 5. The number of fused-ring (bicyclic) bond motifs is 2. The summed E-state index contributed by atoms with van der Waals surface area (Å²) in [5, 5.41) is 4.17. The van der Waals surface area contributed by atoms with Crippen molar-refractivity contribution in [3.05, 3.63) is 90.7 Å². The number of piperidine rings is 1. The summed E-state index contributed by atoms with van der Waals surface area (Å²) in [5.74, 6) is 0.367. The Hall–Kier alpha value is -5.19. The SMILES string of the molecule is C=CC(=O)N1CCC(N=C2CCc3cc(-n4c(-c5cccnc5N)nc5cc(F)c(-n6cccn6)nc54)ccc32)CC1. The predicted octanol–water partition coefficient (Wildman–Crippen LogP) is 4.30. The van der Waals surface area contributed by atoms with Gasteiger partial charge in [-0.1, -0.05) is 12.6 Å². The van der Waals surface area contributed by atoms with Gasteiger partial charge in [0.25, 0.3) is 0 Å². The molecule has 0 atom stereocenters. The summed E-state index contributed by atoms with van der Waals surface area (Å²) in [6, 6.07) is 13.1. The average molecular weight is 562 g/mol. The van der Waals surface area contributed by atoms with Gasteiger partial charge in [-0.05, 0) is 73.2 Å². The number of anilines is 1. The van der Waals surface area contributed by atoms with Gasteiger partial charge >= 0.3 is 0 Å². The number of carbonyl (C=O) groups is 1. The number of nitrogen functional groups attached to an aromatic ring is 1. The van der Waals surface area contributed by atoms with Crippen LogP contribution in [0.2, 0.25) is 0 Å². The summed E-state index contributed by atoms with van der Waals surface area (Å²) in [6.07, 6.45) is 9.61. The van der Waals surface area contributed by atoms with E-state index >= 15 is 4.39 Å². The fourth-order valence-electron chi connectivity index (χ4n) is 5.85. The zero-order valence-corrected chi connectivity index (χ0v) is 22.8. The Bertz CT molecular complexity index is 1870. The van der Waals surface area contributed by atoms with Gasteiger partial charge in [-0.15, -0.1) is 0 Å². The molecule has 5 heterocycles. The molecule has 7 rings (SSSR count). The second-order valence-corrected chi connectivity index (χ2v) is 10.5. The highest BCUT2D eigenvalue weighted by atomic mass is 19.1. The van der Waals surface area contributed by atoms with Crippen LogP contribution >= 0.6 is 0 Å². The van der Waals surface area contributed by atoms with Gasteiger partial charge in [0.15, 0.2) is 23.1 Å². The van der Waals surface area contributed by atoms with Crippen molar-refractivity contribution in [3.63, 3.8) is 0 Å². The molecule has 0 saturated carbocycles. The van der Waals surface area contributed by atoms with E-state index in [9.17, 15) is 4.79 Å². The number of halogens is 1. The van der Waals surface area contributed by atoms with Gasteiger partial charge in [-0.2, -0.15) is 5.10 Å². The second kappa shape index (κ2) is 10.3. The lowest BCUT2D eigenvalue weighted by Crippen LogP contribution is -2.38. The fraction of sp³-hybridized carbons (Fsp3) is 0.226. The number of likely N-dealkylation sites (tertiary alicyclic amines) is 1. The van der Waals surface area contributed by atoms with Crippen LogP contribution in [0.5, 0.6) is 0 Å². The molecular weight excluding hydrogens is 533 g/mol. The number of benzene rings is 1. The van der Waals surface area contributed by atoms with E-state index in [4.69, 9.17) is 15.7 Å². The fourth-order valence-corrected chi connectivity index (χ4v) is 5.85. The van der Waals surface area contributed by atoms with Crippen LogP contribution in [0.1, 0.15) is 30.4 Å². The number of amides is 1. The van der Waals surface area contributed by atoms with Crippen molar-refractivity contribution >= 4 is 28.6 Å². The van der Waals surface area contributed by atoms with Gasteiger partial charge in [0, 0.05) is 49.1 Å². The Morgan fingerprint density at radius 2 is 1.93 bits per heavy atom. The number of imidazole rings is 1. The molecule has 1 amide bonds. The lowest BCUT2D eigenvalue weighted by atomic mass is 10.0. The van der Waals surface area contributed by atoms with E-state index in [2.05, 4.69) is 33.8 Å². The van der Waals surface area contributed by atoms with Crippen molar-refractivity contribution in [1.29, 1.82) is 0 Å². The standard InChI is InChI=1S/C31H28FN9O/c1-2-27(42)39-15-10-20(11-16-39)36-25-9-6-19-17-21(7-8-22(19)25)41-29(23-5-3-12-34-28(23)33)37-26-18-24(32)30(38-31(26)41)40-14-4-13-35-40/h2-5,7-8,12-14,17-18,20H,1,6,9-11,15-16H2,(H2,33,34). The lowest BCUT2D eigenvalue weighted by Gasteiger charge is -2.29. The highest BCUT2D eigenvalue weighted by Gasteiger charge is 2.26. The zero-order valence-electron chi connectivity index (χ0n) is 22.8. The smallest absolute Gasteiger partial charge is 0.245 e. The first-order valence-electron chi connectivity index (χ1n) is 13.9. The van der Waals surface area contributed by atoms with E-state index in [1.807, 2.05) is 21.6 Å². The first-order chi connectivity index (χ1) is 20.5. The summed E-state index contributed by atoms with van der Waals surface area (Å²) in [4.78, 5) is 32.6. The number of aromatic nitrogens is 6. The van der Waals surface area contributed by atoms with E-state index in [0.29, 0.717) is 41.5 Å². The molecule has 1 saturated heterocycles. The molecule has 11 heteroatoms. The summed E-state index contributed by atoms with van der Waals surface area (Å²) >= 11 is 0. The van der Waals surface area contributed by atoms with Crippen molar-refractivity contribution in [3.8, 4) is 22.9 Å². The molecule has 4 aromatic heterocycles. The summed E-state index contributed by atoms with van der Waals surface area (Å²) in [6.45, 7) is 4.98. The minimum atomic E-state index is -0.531. The van der Waals surface area contributed by atoms with Gasteiger partial charge in [0.05, 0.1) is 11.6 Å². The normalized spacial score (nSPS) is 16.3. The van der Waals surface area contributed by atoms with Gasteiger partial charge in [0.1, 0.15) is 11.3 Å². The lowest BCUT2D eigenvalue weighted by molar-refractivity contribution is -0.126. The van der Waals surface area contributed by atoms with Crippen LogP contribution in [-0.2, 0) is 11.2 Å². The minimum absolute atomic E-state index is 0.0201. The van der Waals surface area contributed by atoms with Gasteiger partial charge in [-0.25, -0.2) is 24.0 Å². The van der Waals surface area contributed by atoms with Crippen LogP contribution in [0.3, 0.4) is 0 Å². The van der Waals surface area contributed by atoms with Gasteiger partial charge < -0.3 is 10.6 Å². The topological polar surface area (TPSA) is 120 Å². The molecule has 5 aromatic rings. The van der Waals surface area contributed by atoms with E-state index in [0.717, 1.165) is 42.6 Å². The van der Waals surface area contributed by atoms with Gasteiger partial charge in [0.2, 0.25) is 5.91 Å². The van der Waals surface area contributed by atoms with E-state index in [1.54, 1.807) is 30.7 Å².